The van der Waals surface area contributed by atoms with Gasteiger partial charge in [-0.25, -0.2) is 9.50 Å². The number of fused-ring (bicyclic) bond motifs is 2. The molecule has 8 heteroatoms. The van der Waals surface area contributed by atoms with E-state index >= 15 is 0 Å². The number of amides is 1. The molecule has 0 spiro atoms. The highest BCUT2D eigenvalue weighted by Crippen LogP contribution is 2.37. The van der Waals surface area contributed by atoms with Crippen LogP contribution in [-0.4, -0.2) is 25.1 Å². The summed E-state index contributed by atoms with van der Waals surface area (Å²) in [5, 5.41) is 8.67. The number of anilines is 1. The van der Waals surface area contributed by atoms with Crippen molar-refractivity contribution in [3.05, 3.63) is 69.9 Å². The molecule has 2 saturated carbocycles. The van der Waals surface area contributed by atoms with Gasteiger partial charge >= 0.3 is 0 Å². The third kappa shape index (κ3) is 3.50. The zero-order valence-electron chi connectivity index (χ0n) is 18.8. The Labute approximate surface area is 195 Å². The molecule has 2 fully saturated rings. The smallest absolute Gasteiger partial charge is 0.260 e. The van der Waals surface area contributed by atoms with Crippen LogP contribution < -0.4 is 16.6 Å². The number of pyridine rings is 1. The molecule has 0 aliphatic heterocycles. The van der Waals surface area contributed by atoms with Gasteiger partial charge in [0.25, 0.3) is 11.5 Å². The van der Waals surface area contributed by atoms with Gasteiger partial charge in [-0.15, -0.1) is 5.10 Å². The second-order valence-corrected chi connectivity index (χ2v) is 9.13. The Morgan fingerprint density at radius 1 is 1.24 bits per heavy atom. The van der Waals surface area contributed by atoms with Gasteiger partial charge in [0.15, 0.2) is 11.5 Å². The number of benzene rings is 1. The molecule has 1 amide bonds. The quantitative estimate of drug-likeness (QED) is 0.463. The standard InChI is InChI=1S/C26H24N6O2/c1-15(29-25(33)22-23(27)30-31-13-3-12-28-24(22)31)20-14-18-5-2-4-17(9-8-16-6-7-16)21(18)26(34)32(20)19-10-11-19/h2-5,12-16,19H,6-7,10-11H2,1H3,(H2,27,30)(H,29,33). The number of carbonyl (C=O) groups excluding carboxylic acids is 1. The number of aromatic nitrogens is 4. The van der Waals surface area contributed by atoms with Crippen molar-refractivity contribution in [3.8, 4) is 11.8 Å². The molecule has 8 nitrogen and oxygen atoms in total. The molecule has 6 rings (SSSR count). The van der Waals surface area contributed by atoms with Crippen LogP contribution in [0.15, 0.2) is 47.5 Å². The van der Waals surface area contributed by atoms with E-state index in [4.69, 9.17) is 5.73 Å². The van der Waals surface area contributed by atoms with Crippen molar-refractivity contribution in [2.75, 3.05) is 5.73 Å². The maximum absolute atomic E-state index is 13.7. The SMILES string of the molecule is CC(NC(=O)c1c(N)nn2cccnc12)c1cc2cccc(C#CC3CC3)c2c(=O)n1C1CC1. The largest absolute Gasteiger partial charge is 0.381 e. The molecule has 34 heavy (non-hydrogen) atoms. The minimum absolute atomic E-state index is 0.0473. The Morgan fingerprint density at radius 2 is 2.06 bits per heavy atom. The highest BCUT2D eigenvalue weighted by Gasteiger charge is 2.30. The van der Waals surface area contributed by atoms with Crippen LogP contribution in [-0.2, 0) is 0 Å². The molecule has 1 aromatic carbocycles. The van der Waals surface area contributed by atoms with Gasteiger partial charge in [-0.3, -0.25) is 9.59 Å². The summed E-state index contributed by atoms with van der Waals surface area (Å²) in [5.74, 6) is 6.70. The molecule has 2 aliphatic carbocycles. The summed E-state index contributed by atoms with van der Waals surface area (Å²) in [6.45, 7) is 1.88. The Kier molecular flexibility index (Phi) is 4.66. The van der Waals surface area contributed by atoms with E-state index < -0.39 is 6.04 Å². The second kappa shape index (κ2) is 7.73. The van der Waals surface area contributed by atoms with Crippen molar-refractivity contribution in [2.24, 2.45) is 5.92 Å². The predicted octanol–water partition coefficient (Wildman–Crippen LogP) is 3.21. The fourth-order valence-electron chi connectivity index (χ4n) is 4.41. The number of hydrogen-bond donors (Lipinski definition) is 2. The van der Waals surface area contributed by atoms with Gasteiger partial charge in [0.05, 0.1) is 11.4 Å². The molecular weight excluding hydrogens is 428 g/mol. The molecule has 170 valence electrons. The molecule has 0 bridgehead atoms. The molecule has 0 saturated heterocycles. The fourth-order valence-corrected chi connectivity index (χ4v) is 4.41. The number of nitrogens with one attached hydrogen (secondary N) is 1. The topological polar surface area (TPSA) is 107 Å². The van der Waals surface area contributed by atoms with Crippen molar-refractivity contribution >= 4 is 28.1 Å². The zero-order valence-corrected chi connectivity index (χ0v) is 18.8. The minimum atomic E-state index is -0.426. The van der Waals surface area contributed by atoms with Gasteiger partial charge in [0, 0.05) is 35.6 Å². The van der Waals surface area contributed by atoms with Gasteiger partial charge in [0.2, 0.25) is 0 Å². The van der Waals surface area contributed by atoms with Gasteiger partial charge in [-0.1, -0.05) is 24.0 Å². The van der Waals surface area contributed by atoms with Crippen LogP contribution in [0.1, 0.15) is 66.3 Å². The Hall–Kier alpha value is -4.12. The molecule has 4 aromatic rings. The highest BCUT2D eigenvalue weighted by atomic mass is 16.2. The van der Waals surface area contributed by atoms with Gasteiger partial charge in [0.1, 0.15) is 5.56 Å². The molecule has 1 atom stereocenters. The van der Waals surface area contributed by atoms with E-state index in [1.807, 2.05) is 35.8 Å². The van der Waals surface area contributed by atoms with Crippen LogP contribution in [0.3, 0.4) is 0 Å². The number of carbonyl (C=O) groups is 1. The first kappa shape index (κ1) is 20.5. The first-order valence-electron chi connectivity index (χ1n) is 11.6. The monoisotopic (exact) mass is 452 g/mol. The molecule has 3 N–H and O–H groups in total. The minimum Gasteiger partial charge on any atom is -0.381 e. The molecule has 1 unspecified atom stereocenters. The lowest BCUT2D eigenvalue weighted by Gasteiger charge is -2.21. The third-order valence-corrected chi connectivity index (χ3v) is 6.45. The lowest BCUT2D eigenvalue weighted by molar-refractivity contribution is 0.0940. The van der Waals surface area contributed by atoms with Crippen molar-refractivity contribution in [1.82, 2.24) is 24.5 Å². The summed E-state index contributed by atoms with van der Waals surface area (Å²) in [7, 11) is 0. The lowest BCUT2D eigenvalue weighted by Crippen LogP contribution is -2.33. The summed E-state index contributed by atoms with van der Waals surface area (Å²) in [5.41, 5.74) is 8.14. The maximum Gasteiger partial charge on any atom is 0.260 e. The Balaban J connectivity index is 1.41. The Bertz CT molecular complexity index is 1580. The van der Waals surface area contributed by atoms with Crippen LogP contribution in [0, 0.1) is 17.8 Å². The molecule has 2 aliphatic rings. The van der Waals surface area contributed by atoms with Crippen molar-refractivity contribution in [3.63, 3.8) is 0 Å². The molecule has 3 heterocycles. The summed E-state index contributed by atoms with van der Waals surface area (Å²) in [4.78, 5) is 31.1. The summed E-state index contributed by atoms with van der Waals surface area (Å²) >= 11 is 0. The zero-order chi connectivity index (χ0) is 23.4. The number of nitrogen functional groups attached to an aromatic ring is 1. The van der Waals surface area contributed by atoms with Crippen LogP contribution >= 0.6 is 0 Å². The predicted molar refractivity (Wildman–Crippen MR) is 129 cm³/mol. The number of nitrogens with zero attached hydrogens (tertiary/aromatic N) is 4. The summed E-state index contributed by atoms with van der Waals surface area (Å²) < 4.78 is 3.32. The van der Waals surface area contributed by atoms with Crippen LogP contribution in [0.4, 0.5) is 5.82 Å². The van der Waals surface area contributed by atoms with E-state index in [0.29, 0.717) is 17.0 Å². The third-order valence-electron chi connectivity index (χ3n) is 6.45. The van der Waals surface area contributed by atoms with E-state index in [-0.39, 0.29) is 28.9 Å². The Morgan fingerprint density at radius 3 is 2.82 bits per heavy atom. The molecular formula is C26H24N6O2. The van der Waals surface area contributed by atoms with E-state index in [2.05, 4.69) is 27.2 Å². The maximum atomic E-state index is 13.7. The fraction of sp³-hybridized carbons (Fsp3) is 0.308. The summed E-state index contributed by atoms with van der Waals surface area (Å²) in [6, 6.07) is 9.21. The van der Waals surface area contributed by atoms with Gasteiger partial charge in [-0.2, -0.15) is 0 Å². The van der Waals surface area contributed by atoms with Crippen LogP contribution in [0.25, 0.3) is 16.4 Å². The van der Waals surface area contributed by atoms with Gasteiger partial charge < -0.3 is 15.6 Å². The van der Waals surface area contributed by atoms with E-state index in [9.17, 15) is 9.59 Å². The number of hydrogen-bond acceptors (Lipinski definition) is 5. The second-order valence-electron chi connectivity index (χ2n) is 9.13. The van der Waals surface area contributed by atoms with Crippen LogP contribution in [0.2, 0.25) is 0 Å². The van der Waals surface area contributed by atoms with E-state index in [1.165, 1.54) is 4.52 Å². The van der Waals surface area contributed by atoms with Crippen molar-refractivity contribution in [2.45, 2.75) is 44.7 Å². The average molecular weight is 453 g/mol. The number of rotatable bonds is 4. The van der Waals surface area contributed by atoms with Crippen LogP contribution in [0.5, 0.6) is 0 Å². The molecule has 3 aromatic heterocycles. The average Bonchev–Trinajstić information content (AvgIpc) is 3.74. The van der Waals surface area contributed by atoms with Gasteiger partial charge in [-0.05, 0) is 56.2 Å². The lowest BCUT2D eigenvalue weighted by atomic mass is 10.0. The number of nitrogens with two attached hydrogens (primary N) is 1. The first-order valence-corrected chi connectivity index (χ1v) is 11.6. The molecule has 0 radical (unpaired) electrons. The highest BCUT2D eigenvalue weighted by molar-refractivity contribution is 6.04. The van der Waals surface area contributed by atoms with Crippen molar-refractivity contribution in [1.29, 1.82) is 0 Å². The summed E-state index contributed by atoms with van der Waals surface area (Å²) in [6.07, 6.45) is 7.45. The van der Waals surface area contributed by atoms with Crippen molar-refractivity contribution < 1.29 is 4.79 Å². The van der Waals surface area contributed by atoms with E-state index in [1.54, 1.807) is 18.5 Å². The van der Waals surface area contributed by atoms with E-state index in [0.717, 1.165) is 42.3 Å². The normalized spacial score (nSPS) is 16.3. The first-order chi connectivity index (χ1) is 16.5.